The Hall–Kier alpha value is -1.60. The van der Waals surface area contributed by atoms with Crippen molar-refractivity contribution in [3.63, 3.8) is 0 Å². The van der Waals surface area contributed by atoms with Crippen molar-refractivity contribution in [1.29, 1.82) is 0 Å². The van der Waals surface area contributed by atoms with Gasteiger partial charge in [0, 0.05) is 23.5 Å². The topological polar surface area (TPSA) is 84.3 Å². The highest BCUT2D eigenvalue weighted by molar-refractivity contribution is 7.98. The van der Waals surface area contributed by atoms with Gasteiger partial charge in [-0.3, -0.25) is 14.9 Å². The quantitative estimate of drug-likeness (QED) is 0.471. The second kappa shape index (κ2) is 7.10. The average molecular weight is 283 g/mol. The number of thioether (sulfide) groups is 1. The lowest BCUT2D eigenvalue weighted by molar-refractivity contribution is -0.385. The normalized spacial score (nSPS) is 11.9. The van der Waals surface area contributed by atoms with Crippen molar-refractivity contribution in [3.8, 4) is 0 Å². The van der Waals surface area contributed by atoms with Crippen LogP contribution in [-0.2, 0) is 0 Å². The number of carbonyl (C=O) groups is 1. The average Bonchev–Trinajstić information content (AvgIpc) is 2.43. The van der Waals surface area contributed by atoms with Crippen LogP contribution in [0.15, 0.2) is 23.1 Å². The zero-order chi connectivity index (χ0) is 14.4. The highest BCUT2D eigenvalue weighted by Crippen LogP contribution is 2.24. The summed E-state index contributed by atoms with van der Waals surface area (Å²) in [4.78, 5) is 23.2. The van der Waals surface area contributed by atoms with E-state index in [2.05, 4.69) is 10.6 Å². The molecule has 0 heterocycles. The van der Waals surface area contributed by atoms with E-state index in [1.165, 1.54) is 17.8 Å². The molecule has 1 unspecified atom stereocenters. The largest absolute Gasteiger partial charge is 0.350 e. The van der Waals surface area contributed by atoms with Gasteiger partial charge in [0.15, 0.2) is 0 Å². The van der Waals surface area contributed by atoms with Gasteiger partial charge in [0.05, 0.1) is 4.92 Å². The highest BCUT2D eigenvalue weighted by atomic mass is 32.2. The van der Waals surface area contributed by atoms with Gasteiger partial charge in [0.2, 0.25) is 0 Å². The first-order chi connectivity index (χ1) is 8.99. The Labute approximate surface area is 116 Å². The van der Waals surface area contributed by atoms with Crippen molar-refractivity contribution in [2.24, 2.45) is 0 Å². The van der Waals surface area contributed by atoms with E-state index >= 15 is 0 Å². The van der Waals surface area contributed by atoms with E-state index in [9.17, 15) is 14.9 Å². The number of hydrogen-bond donors (Lipinski definition) is 2. The Morgan fingerprint density at radius 3 is 2.74 bits per heavy atom. The molecule has 0 saturated heterocycles. The van der Waals surface area contributed by atoms with Gasteiger partial charge in [0.1, 0.15) is 5.56 Å². The molecule has 1 amide bonds. The summed E-state index contributed by atoms with van der Waals surface area (Å²) in [7, 11) is 1.79. The van der Waals surface area contributed by atoms with Crippen LogP contribution in [0.25, 0.3) is 0 Å². The van der Waals surface area contributed by atoms with Gasteiger partial charge in [-0.15, -0.1) is 11.8 Å². The van der Waals surface area contributed by atoms with Crippen molar-refractivity contribution in [1.82, 2.24) is 10.6 Å². The van der Waals surface area contributed by atoms with E-state index in [0.717, 1.165) is 4.90 Å². The monoisotopic (exact) mass is 283 g/mol. The van der Waals surface area contributed by atoms with Crippen LogP contribution in [0.5, 0.6) is 0 Å². The van der Waals surface area contributed by atoms with Crippen molar-refractivity contribution in [3.05, 3.63) is 33.9 Å². The van der Waals surface area contributed by atoms with Gasteiger partial charge in [-0.1, -0.05) is 0 Å². The summed E-state index contributed by atoms with van der Waals surface area (Å²) in [6.07, 6.45) is 1.85. The fourth-order valence-electron chi connectivity index (χ4n) is 1.43. The number of carbonyl (C=O) groups excluding carboxylic acids is 1. The summed E-state index contributed by atoms with van der Waals surface area (Å²) in [5.41, 5.74) is -0.0763. The molecule has 0 aliphatic rings. The van der Waals surface area contributed by atoms with Crippen LogP contribution in [0.1, 0.15) is 17.3 Å². The molecule has 19 heavy (non-hydrogen) atoms. The lowest BCUT2D eigenvalue weighted by Crippen LogP contribution is -2.37. The summed E-state index contributed by atoms with van der Waals surface area (Å²) in [5.74, 6) is -0.426. The van der Waals surface area contributed by atoms with Crippen LogP contribution in [0.2, 0.25) is 0 Å². The van der Waals surface area contributed by atoms with Crippen LogP contribution in [0, 0.1) is 10.1 Å². The van der Waals surface area contributed by atoms with E-state index in [1.54, 1.807) is 19.2 Å². The number of likely N-dealkylation sites (N-methyl/N-ethyl adjacent to an activating group) is 1. The van der Waals surface area contributed by atoms with E-state index in [-0.39, 0.29) is 17.3 Å². The molecular weight excluding hydrogens is 266 g/mol. The van der Waals surface area contributed by atoms with Gasteiger partial charge >= 0.3 is 0 Å². The molecule has 0 bridgehead atoms. The maximum atomic E-state index is 12.0. The summed E-state index contributed by atoms with van der Waals surface area (Å²) in [5, 5.41) is 16.6. The van der Waals surface area contributed by atoms with Crippen molar-refractivity contribution >= 4 is 23.4 Å². The molecule has 7 heteroatoms. The Bertz CT molecular complexity index is 479. The summed E-state index contributed by atoms with van der Waals surface area (Å²) < 4.78 is 0. The van der Waals surface area contributed by atoms with E-state index in [0.29, 0.717) is 6.54 Å². The SMILES string of the molecule is CNC(C)CNC(=O)c1cc(SC)ccc1[N+](=O)[O-]. The predicted octanol–water partition coefficient (Wildman–Crippen LogP) is 1.65. The summed E-state index contributed by atoms with van der Waals surface area (Å²) in [6, 6.07) is 4.65. The third-order valence-corrected chi connectivity index (χ3v) is 3.43. The summed E-state index contributed by atoms with van der Waals surface area (Å²) >= 11 is 1.43. The standard InChI is InChI=1S/C12H17N3O3S/c1-8(13-2)7-14-12(16)10-6-9(19-3)4-5-11(10)15(17)18/h4-6,8,13H,7H2,1-3H3,(H,14,16). The van der Waals surface area contributed by atoms with E-state index in [4.69, 9.17) is 0 Å². The fraction of sp³-hybridized carbons (Fsp3) is 0.417. The second-order valence-corrected chi connectivity index (χ2v) is 4.92. The third kappa shape index (κ3) is 4.22. The Kier molecular flexibility index (Phi) is 5.78. The maximum Gasteiger partial charge on any atom is 0.282 e. The van der Waals surface area contributed by atoms with Crippen molar-refractivity contribution < 1.29 is 9.72 Å². The predicted molar refractivity (Wildman–Crippen MR) is 75.7 cm³/mol. The van der Waals surface area contributed by atoms with Gasteiger partial charge < -0.3 is 10.6 Å². The van der Waals surface area contributed by atoms with Crippen LogP contribution in [-0.4, -0.2) is 36.7 Å². The molecule has 104 valence electrons. The molecule has 6 nitrogen and oxygen atoms in total. The van der Waals surface area contributed by atoms with Gasteiger partial charge in [-0.05, 0) is 32.4 Å². The lowest BCUT2D eigenvalue weighted by Gasteiger charge is -2.11. The molecule has 1 atom stereocenters. The number of nitro benzene ring substituents is 1. The van der Waals surface area contributed by atoms with Crippen LogP contribution in [0.3, 0.4) is 0 Å². The molecule has 0 spiro atoms. The van der Waals surface area contributed by atoms with Crippen molar-refractivity contribution in [2.45, 2.75) is 17.9 Å². The first-order valence-corrected chi connectivity index (χ1v) is 7.00. The molecule has 0 fully saturated rings. The van der Waals surface area contributed by atoms with Crippen molar-refractivity contribution in [2.75, 3.05) is 19.8 Å². The zero-order valence-electron chi connectivity index (χ0n) is 11.1. The Morgan fingerprint density at radius 2 is 2.21 bits per heavy atom. The minimum atomic E-state index is -0.541. The number of nitrogens with one attached hydrogen (secondary N) is 2. The number of nitrogens with zero attached hydrogens (tertiary/aromatic N) is 1. The Morgan fingerprint density at radius 1 is 1.53 bits per heavy atom. The molecule has 0 aliphatic carbocycles. The molecule has 0 aromatic heterocycles. The summed E-state index contributed by atoms with van der Waals surface area (Å²) in [6.45, 7) is 2.32. The Balaban J connectivity index is 2.95. The van der Waals surface area contributed by atoms with Crippen LogP contribution < -0.4 is 10.6 Å². The molecule has 1 rings (SSSR count). The number of rotatable bonds is 6. The number of amides is 1. The highest BCUT2D eigenvalue weighted by Gasteiger charge is 2.20. The maximum absolute atomic E-state index is 12.0. The van der Waals surface area contributed by atoms with E-state index in [1.807, 2.05) is 13.2 Å². The zero-order valence-corrected chi connectivity index (χ0v) is 11.9. The fourth-order valence-corrected chi connectivity index (χ4v) is 1.87. The van der Waals surface area contributed by atoms with Crippen LogP contribution in [0.4, 0.5) is 5.69 Å². The van der Waals surface area contributed by atoms with E-state index < -0.39 is 10.8 Å². The first kappa shape index (κ1) is 15.5. The molecule has 0 radical (unpaired) electrons. The molecule has 2 N–H and O–H groups in total. The smallest absolute Gasteiger partial charge is 0.282 e. The minimum Gasteiger partial charge on any atom is -0.350 e. The van der Waals surface area contributed by atoms with Gasteiger partial charge in [-0.25, -0.2) is 0 Å². The lowest BCUT2D eigenvalue weighted by atomic mass is 10.1. The van der Waals surface area contributed by atoms with Gasteiger partial charge in [0.25, 0.3) is 11.6 Å². The third-order valence-electron chi connectivity index (χ3n) is 2.71. The second-order valence-electron chi connectivity index (χ2n) is 4.04. The molecule has 1 aromatic carbocycles. The van der Waals surface area contributed by atoms with Crippen LogP contribution >= 0.6 is 11.8 Å². The number of hydrogen-bond acceptors (Lipinski definition) is 5. The molecule has 1 aromatic rings. The molecule has 0 saturated carbocycles. The number of nitro groups is 1. The van der Waals surface area contributed by atoms with Gasteiger partial charge in [-0.2, -0.15) is 0 Å². The molecule has 0 aliphatic heterocycles. The number of benzene rings is 1. The molecular formula is C12H17N3O3S. The minimum absolute atomic E-state index is 0.0974. The first-order valence-electron chi connectivity index (χ1n) is 5.77.